The Labute approximate surface area is 53.4 Å². The van der Waals surface area contributed by atoms with Gasteiger partial charge in [0.15, 0.2) is 0 Å². The number of hydrogen-bond acceptors (Lipinski definition) is 4. The second-order valence-electron chi connectivity index (χ2n) is 1.98. The highest BCUT2D eigenvalue weighted by molar-refractivity contribution is 4.70. The Morgan fingerprint density at radius 1 is 1.22 bits per heavy atom. The molecule has 0 amide bonds. The van der Waals surface area contributed by atoms with Gasteiger partial charge >= 0.3 is 0 Å². The minimum absolute atomic E-state index is 0.536. The second-order valence-corrected chi connectivity index (χ2v) is 1.98. The number of aliphatic hydroxyl groups is 4. The van der Waals surface area contributed by atoms with Crippen LogP contribution in [0.1, 0.15) is 6.92 Å². The van der Waals surface area contributed by atoms with E-state index in [1.165, 1.54) is 6.92 Å². The molecule has 0 aromatic rings. The summed E-state index contributed by atoms with van der Waals surface area (Å²) < 4.78 is 0. The number of hydrogen-bond donors (Lipinski definition) is 4. The van der Waals surface area contributed by atoms with E-state index in [0.717, 1.165) is 0 Å². The van der Waals surface area contributed by atoms with Gasteiger partial charge in [-0.15, -0.1) is 0 Å². The lowest BCUT2D eigenvalue weighted by Gasteiger charge is -2.17. The van der Waals surface area contributed by atoms with Crippen LogP contribution in [0.15, 0.2) is 0 Å². The zero-order chi connectivity index (χ0) is 7.44. The Morgan fingerprint density at radius 3 is 1.78 bits per heavy atom. The third-order valence-electron chi connectivity index (χ3n) is 1.08. The molecule has 0 heterocycles. The molecule has 0 aliphatic carbocycles. The molecule has 1 unspecified atom stereocenters. The molecule has 0 aliphatic rings. The van der Waals surface area contributed by atoms with Crippen molar-refractivity contribution in [1.29, 1.82) is 0 Å². The fourth-order valence-electron chi connectivity index (χ4n) is 0.429. The van der Waals surface area contributed by atoms with Gasteiger partial charge in [-0.1, -0.05) is 0 Å². The third kappa shape index (κ3) is 2.76. The summed E-state index contributed by atoms with van der Waals surface area (Å²) in [4.78, 5) is 0. The maximum absolute atomic E-state index is 8.73. The van der Waals surface area contributed by atoms with Crippen LogP contribution in [0, 0.1) is 0 Å². The van der Waals surface area contributed by atoms with Gasteiger partial charge in [0, 0.05) is 0 Å². The molecule has 0 rings (SSSR count). The summed E-state index contributed by atoms with van der Waals surface area (Å²) in [6, 6.07) is 0. The minimum atomic E-state index is -1.25. The Balaban J connectivity index is 3.58. The van der Waals surface area contributed by atoms with Gasteiger partial charge in [0.25, 0.3) is 0 Å². The van der Waals surface area contributed by atoms with Crippen molar-refractivity contribution in [2.75, 3.05) is 6.61 Å². The summed E-state index contributed by atoms with van der Waals surface area (Å²) in [7, 11) is 0. The molecule has 0 aromatic heterocycles. The van der Waals surface area contributed by atoms with Crippen LogP contribution in [-0.4, -0.2) is 45.3 Å². The van der Waals surface area contributed by atoms with Crippen molar-refractivity contribution in [1.82, 2.24) is 0 Å². The maximum atomic E-state index is 8.73. The fourth-order valence-corrected chi connectivity index (χ4v) is 0.429. The summed E-state index contributed by atoms with van der Waals surface area (Å²) in [6.45, 7) is 0.801. The molecule has 4 nitrogen and oxygen atoms in total. The molecular formula is C5H12O4. The fraction of sp³-hybridized carbons (Fsp3) is 1.00. The molecule has 0 aromatic carbocycles. The van der Waals surface area contributed by atoms with Gasteiger partial charge in [-0.05, 0) is 6.92 Å². The molecule has 0 saturated carbocycles. The van der Waals surface area contributed by atoms with E-state index in [1.54, 1.807) is 0 Å². The molecule has 3 atom stereocenters. The highest BCUT2D eigenvalue weighted by atomic mass is 16.4. The quantitative estimate of drug-likeness (QED) is 0.364. The maximum Gasteiger partial charge on any atom is 0.108 e. The first-order chi connectivity index (χ1) is 4.09. The van der Waals surface area contributed by atoms with Crippen molar-refractivity contribution < 1.29 is 20.4 Å². The normalized spacial score (nSPS) is 21.0. The van der Waals surface area contributed by atoms with Crippen molar-refractivity contribution >= 4 is 0 Å². The molecule has 4 heteroatoms. The van der Waals surface area contributed by atoms with Gasteiger partial charge in [0.1, 0.15) is 12.2 Å². The van der Waals surface area contributed by atoms with Gasteiger partial charge in [0.2, 0.25) is 0 Å². The van der Waals surface area contributed by atoms with Crippen molar-refractivity contribution in [2.24, 2.45) is 0 Å². The Morgan fingerprint density at radius 2 is 1.67 bits per heavy atom. The van der Waals surface area contributed by atoms with E-state index in [4.69, 9.17) is 20.4 Å². The lowest BCUT2D eigenvalue weighted by atomic mass is 10.1. The predicted octanol–water partition coefficient (Wildman–Crippen LogP) is -1.92. The molecule has 56 valence electrons. The van der Waals surface area contributed by atoms with E-state index in [0.29, 0.717) is 0 Å². The van der Waals surface area contributed by atoms with Crippen LogP contribution in [0.4, 0.5) is 0 Å². The number of aliphatic hydroxyl groups excluding tert-OH is 4. The van der Waals surface area contributed by atoms with Crippen LogP contribution in [0.3, 0.4) is 0 Å². The number of rotatable bonds is 3. The smallest absolute Gasteiger partial charge is 0.108 e. The van der Waals surface area contributed by atoms with Crippen molar-refractivity contribution in [3.8, 4) is 0 Å². The molecule has 0 radical (unpaired) electrons. The highest BCUT2D eigenvalue weighted by Crippen LogP contribution is 1.97. The highest BCUT2D eigenvalue weighted by Gasteiger charge is 2.19. The zero-order valence-electron chi connectivity index (χ0n) is 5.23. The van der Waals surface area contributed by atoms with Gasteiger partial charge in [-0.3, -0.25) is 0 Å². The van der Waals surface area contributed by atoms with E-state index in [2.05, 4.69) is 0 Å². The van der Waals surface area contributed by atoms with Crippen molar-refractivity contribution in [3.63, 3.8) is 0 Å². The molecule has 0 fully saturated rings. The molecule has 0 saturated heterocycles. The summed E-state index contributed by atoms with van der Waals surface area (Å²) >= 11 is 0. The second kappa shape index (κ2) is 3.79. The van der Waals surface area contributed by atoms with Gasteiger partial charge < -0.3 is 20.4 Å². The standard InChI is InChI=1S/C5H12O4/c1-3(7)5(9)4(8)2-6/h3-9H,2H2,1H3/t3?,4-,5-/m1/s1. The molecule has 0 bridgehead atoms. The van der Waals surface area contributed by atoms with Gasteiger partial charge in [0.05, 0.1) is 12.7 Å². The van der Waals surface area contributed by atoms with Crippen LogP contribution in [-0.2, 0) is 0 Å². The summed E-state index contributed by atoms with van der Waals surface area (Å²) in [5.74, 6) is 0. The Kier molecular flexibility index (Phi) is 3.72. The summed E-state index contributed by atoms with van der Waals surface area (Å²) in [6.07, 6.45) is -3.51. The first-order valence-electron chi connectivity index (χ1n) is 2.74. The predicted molar refractivity (Wildman–Crippen MR) is 30.8 cm³/mol. The molecule has 0 spiro atoms. The van der Waals surface area contributed by atoms with E-state index < -0.39 is 24.9 Å². The average molecular weight is 136 g/mol. The lowest BCUT2D eigenvalue weighted by molar-refractivity contribution is -0.0698. The summed E-state index contributed by atoms with van der Waals surface area (Å²) in [5, 5.41) is 34.2. The van der Waals surface area contributed by atoms with Crippen molar-refractivity contribution in [2.45, 2.75) is 25.2 Å². The van der Waals surface area contributed by atoms with E-state index in [1.807, 2.05) is 0 Å². The molecule has 4 N–H and O–H groups in total. The van der Waals surface area contributed by atoms with Crippen LogP contribution in [0.5, 0.6) is 0 Å². The van der Waals surface area contributed by atoms with Crippen LogP contribution in [0.25, 0.3) is 0 Å². The Bertz CT molecular complexity index is 73.4. The first-order valence-corrected chi connectivity index (χ1v) is 2.74. The lowest BCUT2D eigenvalue weighted by Crippen LogP contribution is -2.37. The molecule has 0 aliphatic heterocycles. The SMILES string of the molecule is CC(O)[C@@H](O)[C@H](O)CO. The third-order valence-corrected chi connectivity index (χ3v) is 1.08. The first kappa shape index (κ1) is 8.84. The zero-order valence-corrected chi connectivity index (χ0v) is 5.23. The van der Waals surface area contributed by atoms with Crippen LogP contribution >= 0.6 is 0 Å². The van der Waals surface area contributed by atoms with Crippen molar-refractivity contribution in [3.05, 3.63) is 0 Å². The average Bonchev–Trinajstić information content (AvgIpc) is 1.84. The topological polar surface area (TPSA) is 80.9 Å². The molecule has 9 heavy (non-hydrogen) atoms. The largest absolute Gasteiger partial charge is 0.394 e. The monoisotopic (exact) mass is 136 g/mol. The summed E-state index contributed by atoms with van der Waals surface area (Å²) in [5.41, 5.74) is 0. The van der Waals surface area contributed by atoms with E-state index in [-0.39, 0.29) is 0 Å². The Hall–Kier alpha value is -0.160. The van der Waals surface area contributed by atoms with E-state index in [9.17, 15) is 0 Å². The minimum Gasteiger partial charge on any atom is -0.394 e. The molecular weight excluding hydrogens is 124 g/mol. The van der Waals surface area contributed by atoms with E-state index >= 15 is 0 Å². The van der Waals surface area contributed by atoms with Crippen LogP contribution in [0.2, 0.25) is 0 Å². The van der Waals surface area contributed by atoms with Gasteiger partial charge in [-0.25, -0.2) is 0 Å². The van der Waals surface area contributed by atoms with Gasteiger partial charge in [-0.2, -0.15) is 0 Å². The van der Waals surface area contributed by atoms with Crippen LogP contribution < -0.4 is 0 Å².